The first-order valence-corrected chi connectivity index (χ1v) is 13.3. The van der Waals surface area contributed by atoms with E-state index in [1.807, 2.05) is 48.5 Å². The number of rotatable bonds is 10. The molecule has 210 valence electrons. The quantitative estimate of drug-likeness (QED) is 0.272. The van der Waals surface area contributed by atoms with Gasteiger partial charge in [-0.2, -0.15) is 0 Å². The van der Waals surface area contributed by atoms with Crippen LogP contribution in [0.5, 0.6) is 17.2 Å². The summed E-state index contributed by atoms with van der Waals surface area (Å²) in [5.41, 5.74) is 6.10. The lowest BCUT2D eigenvalue weighted by molar-refractivity contribution is -0.122. The van der Waals surface area contributed by atoms with Crippen LogP contribution in [-0.4, -0.2) is 46.5 Å². The van der Waals surface area contributed by atoms with E-state index in [4.69, 9.17) is 18.9 Å². The number of carbonyl (C=O) groups excluding carboxylic acids is 2. The number of likely N-dealkylation sites (N-methyl/N-ethyl adjacent to an activating group) is 1. The summed E-state index contributed by atoms with van der Waals surface area (Å²) in [6.45, 7) is 0.0994. The highest BCUT2D eigenvalue weighted by molar-refractivity contribution is 5.79. The van der Waals surface area contributed by atoms with Crippen LogP contribution in [0.25, 0.3) is 11.1 Å². The molecule has 2 N–H and O–H groups in total. The molecule has 0 aromatic heterocycles. The minimum absolute atomic E-state index is 0.0566. The number of hydrogen-bond acceptors (Lipinski definition) is 6. The van der Waals surface area contributed by atoms with E-state index in [-0.39, 0.29) is 25.0 Å². The maximum absolute atomic E-state index is 13.3. The average molecular weight is 553 g/mol. The lowest BCUT2D eigenvalue weighted by Crippen LogP contribution is -2.31. The van der Waals surface area contributed by atoms with E-state index in [1.165, 1.54) is 0 Å². The summed E-state index contributed by atoms with van der Waals surface area (Å²) in [6, 6.07) is 28.4. The second-order valence-electron chi connectivity index (χ2n) is 9.54. The van der Waals surface area contributed by atoms with Gasteiger partial charge in [-0.05, 0) is 52.1 Å². The van der Waals surface area contributed by atoms with Gasteiger partial charge in [-0.1, -0.05) is 60.7 Å². The zero-order valence-electron chi connectivity index (χ0n) is 23.2. The van der Waals surface area contributed by atoms with Crippen LogP contribution < -0.4 is 24.8 Å². The van der Waals surface area contributed by atoms with E-state index in [1.54, 1.807) is 39.5 Å². The standard InChI is InChI=1S/C33H32N2O6/c1-34-31(36)20-40-22-14-12-21(13-15-22)32(28-17-16-23(38-2)18-30(28)39-3)35-33(37)41-19-29-26-10-6-4-8-24(26)25-9-5-7-11-27(25)29/h4-18,29,32H,19-20H2,1-3H3,(H,34,36)(H,35,37). The Morgan fingerprint density at radius 3 is 2.05 bits per heavy atom. The van der Waals surface area contributed by atoms with Crippen LogP contribution in [0.2, 0.25) is 0 Å². The average Bonchev–Trinajstić information content (AvgIpc) is 3.35. The van der Waals surface area contributed by atoms with Crippen LogP contribution >= 0.6 is 0 Å². The first-order chi connectivity index (χ1) is 20.0. The second kappa shape index (κ2) is 12.5. The molecule has 5 rings (SSSR count). The van der Waals surface area contributed by atoms with Crippen molar-refractivity contribution in [2.45, 2.75) is 12.0 Å². The highest BCUT2D eigenvalue weighted by Crippen LogP contribution is 2.44. The summed E-state index contributed by atoms with van der Waals surface area (Å²) in [5, 5.41) is 5.55. The van der Waals surface area contributed by atoms with Crippen molar-refractivity contribution in [2.75, 3.05) is 34.5 Å². The molecular formula is C33H32N2O6. The lowest BCUT2D eigenvalue weighted by atomic mass is 9.97. The van der Waals surface area contributed by atoms with Gasteiger partial charge in [0.2, 0.25) is 0 Å². The molecule has 1 unspecified atom stereocenters. The van der Waals surface area contributed by atoms with Gasteiger partial charge in [0.25, 0.3) is 5.91 Å². The molecule has 0 aliphatic heterocycles. The first-order valence-electron chi connectivity index (χ1n) is 13.3. The van der Waals surface area contributed by atoms with Gasteiger partial charge < -0.3 is 29.6 Å². The fourth-order valence-electron chi connectivity index (χ4n) is 5.13. The molecule has 0 fully saturated rings. The number of nitrogens with one attached hydrogen (secondary N) is 2. The maximum Gasteiger partial charge on any atom is 0.407 e. The lowest BCUT2D eigenvalue weighted by Gasteiger charge is -2.23. The SMILES string of the molecule is CNC(=O)COc1ccc(C(NC(=O)OCC2c3ccccc3-c3ccccc32)c2ccc(OC)cc2OC)cc1. The number of carbonyl (C=O) groups is 2. The molecule has 0 spiro atoms. The van der Waals surface area contributed by atoms with Crippen LogP contribution in [0.3, 0.4) is 0 Å². The predicted molar refractivity (Wildman–Crippen MR) is 156 cm³/mol. The summed E-state index contributed by atoms with van der Waals surface area (Å²) in [7, 11) is 4.70. The zero-order valence-corrected chi connectivity index (χ0v) is 23.2. The Hall–Kier alpha value is -4.98. The van der Waals surface area contributed by atoms with Crippen LogP contribution in [0, 0.1) is 0 Å². The summed E-state index contributed by atoms with van der Waals surface area (Å²) >= 11 is 0. The molecule has 0 saturated heterocycles. The Labute approximate surface area is 239 Å². The minimum atomic E-state index is -0.598. The minimum Gasteiger partial charge on any atom is -0.497 e. The van der Waals surface area contributed by atoms with Crippen molar-refractivity contribution in [3.8, 4) is 28.4 Å². The molecule has 0 heterocycles. The monoisotopic (exact) mass is 552 g/mol. The third-order valence-corrected chi connectivity index (χ3v) is 7.22. The van der Waals surface area contributed by atoms with Gasteiger partial charge in [-0.25, -0.2) is 4.79 Å². The molecule has 8 heteroatoms. The van der Waals surface area contributed by atoms with Gasteiger partial charge in [0.15, 0.2) is 6.61 Å². The molecule has 0 saturated carbocycles. The Kier molecular flexibility index (Phi) is 8.39. The van der Waals surface area contributed by atoms with Gasteiger partial charge in [-0.3, -0.25) is 4.79 Å². The fourth-order valence-corrected chi connectivity index (χ4v) is 5.13. The number of alkyl carbamates (subject to hydrolysis) is 1. The second-order valence-corrected chi connectivity index (χ2v) is 9.54. The molecule has 1 atom stereocenters. The van der Waals surface area contributed by atoms with Gasteiger partial charge in [-0.15, -0.1) is 0 Å². The summed E-state index contributed by atoms with van der Waals surface area (Å²) in [6.07, 6.45) is -0.560. The first kappa shape index (κ1) is 27.6. The van der Waals surface area contributed by atoms with Gasteiger partial charge in [0.05, 0.1) is 20.3 Å². The number of fused-ring (bicyclic) bond motifs is 3. The van der Waals surface area contributed by atoms with Crippen LogP contribution in [-0.2, 0) is 9.53 Å². The van der Waals surface area contributed by atoms with Crippen molar-refractivity contribution in [2.24, 2.45) is 0 Å². The van der Waals surface area contributed by atoms with E-state index >= 15 is 0 Å². The molecule has 1 aliphatic carbocycles. The molecule has 1 aliphatic rings. The Morgan fingerprint density at radius 2 is 1.44 bits per heavy atom. The van der Waals surface area contributed by atoms with E-state index in [9.17, 15) is 9.59 Å². The van der Waals surface area contributed by atoms with Gasteiger partial charge in [0.1, 0.15) is 23.9 Å². The molecule has 0 bridgehead atoms. The largest absolute Gasteiger partial charge is 0.497 e. The number of methoxy groups -OCH3 is 2. The molecule has 8 nitrogen and oxygen atoms in total. The number of amides is 2. The highest BCUT2D eigenvalue weighted by atomic mass is 16.5. The number of benzene rings is 4. The van der Waals surface area contributed by atoms with Gasteiger partial charge in [0, 0.05) is 24.6 Å². The fraction of sp³-hybridized carbons (Fsp3) is 0.212. The maximum atomic E-state index is 13.3. The molecule has 0 radical (unpaired) electrons. The van der Waals surface area contributed by atoms with E-state index in [0.717, 1.165) is 33.4 Å². The highest BCUT2D eigenvalue weighted by Gasteiger charge is 2.30. The zero-order chi connectivity index (χ0) is 28.8. The van der Waals surface area contributed by atoms with Crippen molar-refractivity contribution in [3.05, 3.63) is 113 Å². The molecule has 41 heavy (non-hydrogen) atoms. The van der Waals surface area contributed by atoms with E-state index < -0.39 is 12.1 Å². The number of hydrogen-bond donors (Lipinski definition) is 2. The van der Waals surface area contributed by atoms with Crippen molar-refractivity contribution >= 4 is 12.0 Å². The molecule has 4 aromatic carbocycles. The van der Waals surface area contributed by atoms with Crippen LogP contribution in [0.15, 0.2) is 91.0 Å². The summed E-state index contributed by atoms with van der Waals surface area (Å²) < 4.78 is 22.4. The smallest absolute Gasteiger partial charge is 0.407 e. The van der Waals surface area contributed by atoms with Crippen molar-refractivity contribution < 1.29 is 28.5 Å². The Morgan fingerprint density at radius 1 is 0.805 bits per heavy atom. The molecular weight excluding hydrogens is 520 g/mol. The van der Waals surface area contributed by atoms with Crippen molar-refractivity contribution in [3.63, 3.8) is 0 Å². The van der Waals surface area contributed by atoms with E-state index in [0.29, 0.717) is 17.2 Å². The van der Waals surface area contributed by atoms with Crippen molar-refractivity contribution in [1.29, 1.82) is 0 Å². The number of ether oxygens (including phenoxy) is 4. The normalized spacial score (nSPS) is 12.5. The predicted octanol–water partition coefficient (Wildman–Crippen LogP) is 5.46. The van der Waals surface area contributed by atoms with Crippen LogP contribution in [0.4, 0.5) is 4.79 Å². The summed E-state index contributed by atoms with van der Waals surface area (Å²) in [4.78, 5) is 24.9. The third-order valence-electron chi connectivity index (χ3n) is 7.22. The van der Waals surface area contributed by atoms with Crippen LogP contribution in [0.1, 0.15) is 34.2 Å². The molecule has 2 amide bonds. The molecule has 4 aromatic rings. The van der Waals surface area contributed by atoms with E-state index in [2.05, 4.69) is 34.9 Å². The Bertz CT molecular complexity index is 1490. The van der Waals surface area contributed by atoms with Gasteiger partial charge >= 0.3 is 6.09 Å². The third kappa shape index (κ3) is 5.96. The van der Waals surface area contributed by atoms with Crippen molar-refractivity contribution in [1.82, 2.24) is 10.6 Å². The summed E-state index contributed by atoms with van der Waals surface area (Å²) in [5.74, 6) is 1.42. The topological polar surface area (TPSA) is 95.1 Å². The Balaban J connectivity index is 1.37.